The van der Waals surface area contributed by atoms with Crippen LogP contribution in [0.5, 0.6) is 5.88 Å². The van der Waals surface area contributed by atoms with E-state index in [4.69, 9.17) is 0 Å². The van der Waals surface area contributed by atoms with E-state index in [-0.39, 0.29) is 12.1 Å². The number of pyridine rings is 1. The Morgan fingerprint density at radius 3 is 2.70 bits per heavy atom. The number of benzene rings is 1. The second kappa shape index (κ2) is 5.92. The summed E-state index contributed by atoms with van der Waals surface area (Å²) in [7, 11) is 0. The molecule has 2 heterocycles. The number of aromatic hydroxyl groups is 1. The van der Waals surface area contributed by atoms with Gasteiger partial charge in [-0.25, -0.2) is 0 Å². The smallest absolute Gasteiger partial charge is 0.274 e. The van der Waals surface area contributed by atoms with E-state index in [1.807, 2.05) is 30.3 Å². The number of hydrogen-bond donors (Lipinski definition) is 2. The number of carbonyl (C=O) groups excluding carboxylic acids is 1. The van der Waals surface area contributed by atoms with Crippen molar-refractivity contribution < 1.29 is 9.90 Å². The van der Waals surface area contributed by atoms with Crippen LogP contribution in [-0.2, 0) is 6.54 Å². The van der Waals surface area contributed by atoms with E-state index in [0.29, 0.717) is 5.65 Å². The Morgan fingerprint density at radius 2 is 1.96 bits per heavy atom. The molecule has 0 bridgehead atoms. The van der Waals surface area contributed by atoms with Gasteiger partial charge in [0.1, 0.15) is 5.65 Å². The van der Waals surface area contributed by atoms with Crippen LogP contribution in [-0.4, -0.2) is 20.4 Å². The number of carbonyl (C=O) groups is 1. The molecule has 0 saturated heterocycles. The van der Waals surface area contributed by atoms with Gasteiger partial charge in [0.15, 0.2) is 5.56 Å². The Kier molecular flexibility index (Phi) is 3.80. The van der Waals surface area contributed by atoms with Crippen LogP contribution in [0.15, 0.2) is 53.5 Å². The molecule has 0 atom stereocenters. The highest BCUT2D eigenvalue weighted by molar-refractivity contribution is 5.96. The summed E-state index contributed by atoms with van der Waals surface area (Å²) in [6.07, 6.45) is 1.52. The molecule has 0 saturated carbocycles. The van der Waals surface area contributed by atoms with E-state index in [9.17, 15) is 14.7 Å². The van der Waals surface area contributed by atoms with Gasteiger partial charge in [-0.05, 0) is 24.1 Å². The van der Waals surface area contributed by atoms with Gasteiger partial charge < -0.3 is 10.4 Å². The maximum atomic E-state index is 12.5. The van der Waals surface area contributed by atoms with Gasteiger partial charge in [-0.1, -0.05) is 36.4 Å². The molecule has 0 aliphatic rings. The highest BCUT2D eigenvalue weighted by Gasteiger charge is 2.20. The summed E-state index contributed by atoms with van der Waals surface area (Å²) in [6, 6.07) is 12.8. The summed E-state index contributed by atoms with van der Waals surface area (Å²) >= 11 is 0. The highest BCUT2D eigenvalue weighted by Crippen LogP contribution is 2.13. The van der Waals surface area contributed by atoms with E-state index in [1.165, 1.54) is 10.6 Å². The summed E-state index contributed by atoms with van der Waals surface area (Å²) in [5, 5.41) is 12.6. The van der Waals surface area contributed by atoms with Crippen molar-refractivity contribution in [3.05, 3.63) is 75.7 Å². The molecule has 0 radical (unpaired) electrons. The largest absolute Gasteiger partial charge is 0.493 e. The van der Waals surface area contributed by atoms with Crippen LogP contribution in [0.4, 0.5) is 0 Å². The minimum absolute atomic E-state index is 0.259. The highest BCUT2D eigenvalue weighted by atomic mass is 16.3. The topological polar surface area (TPSA) is 83.7 Å². The third-order valence-corrected chi connectivity index (χ3v) is 3.55. The van der Waals surface area contributed by atoms with Crippen LogP contribution >= 0.6 is 0 Å². The minimum atomic E-state index is -0.653. The fourth-order valence-electron chi connectivity index (χ4n) is 2.35. The number of nitrogens with one attached hydrogen (secondary N) is 1. The molecule has 2 aromatic heterocycles. The normalized spacial score (nSPS) is 10.7. The number of aryl methyl sites for hydroxylation is 1. The first-order chi connectivity index (χ1) is 11.1. The third-order valence-electron chi connectivity index (χ3n) is 3.55. The van der Waals surface area contributed by atoms with E-state index >= 15 is 0 Å². The van der Waals surface area contributed by atoms with Crippen molar-refractivity contribution in [1.29, 1.82) is 0 Å². The fourth-order valence-corrected chi connectivity index (χ4v) is 2.35. The molecular weight excluding hydrogens is 294 g/mol. The van der Waals surface area contributed by atoms with Crippen molar-refractivity contribution in [1.82, 2.24) is 14.7 Å². The zero-order valence-electron chi connectivity index (χ0n) is 12.5. The van der Waals surface area contributed by atoms with Crippen molar-refractivity contribution in [2.75, 3.05) is 0 Å². The van der Waals surface area contributed by atoms with E-state index in [0.717, 1.165) is 11.1 Å². The summed E-state index contributed by atoms with van der Waals surface area (Å²) in [5.41, 5.74) is 1.00. The van der Waals surface area contributed by atoms with Crippen molar-refractivity contribution in [3.63, 3.8) is 0 Å². The van der Waals surface area contributed by atoms with Gasteiger partial charge >= 0.3 is 0 Å². The molecule has 116 valence electrons. The molecule has 2 N–H and O–H groups in total. The quantitative estimate of drug-likeness (QED) is 0.770. The molecule has 0 aliphatic heterocycles. The Labute approximate surface area is 132 Å². The maximum Gasteiger partial charge on any atom is 0.274 e. The molecule has 0 fully saturated rings. The molecule has 0 spiro atoms. The first-order valence-electron chi connectivity index (χ1n) is 7.11. The molecule has 3 rings (SSSR count). The number of amides is 1. The first kappa shape index (κ1) is 14.8. The average Bonchev–Trinajstić information content (AvgIpc) is 2.55. The van der Waals surface area contributed by atoms with E-state index < -0.39 is 17.3 Å². The van der Waals surface area contributed by atoms with Crippen LogP contribution < -0.4 is 10.9 Å². The number of rotatable bonds is 3. The average molecular weight is 309 g/mol. The van der Waals surface area contributed by atoms with E-state index in [1.54, 1.807) is 19.1 Å². The van der Waals surface area contributed by atoms with Crippen LogP contribution in [0.3, 0.4) is 0 Å². The number of fused-ring (bicyclic) bond motifs is 1. The lowest BCUT2D eigenvalue weighted by Crippen LogP contribution is -2.31. The Hall–Kier alpha value is -3.15. The van der Waals surface area contributed by atoms with Gasteiger partial charge in [-0.15, -0.1) is 0 Å². The van der Waals surface area contributed by atoms with Crippen molar-refractivity contribution in [2.45, 2.75) is 13.5 Å². The number of hydrogen-bond acceptors (Lipinski definition) is 4. The second-order valence-corrected chi connectivity index (χ2v) is 5.17. The Morgan fingerprint density at radius 1 is 1.22 bits per heavy atom. The van der Waals surface area contributed by atoms with Crippen LogP contribution in [0.1, 0.15) is 21.5 Å². The predicted molar refractivity (Wildman–Crippen MR) is 85.5 cm³/mol. The van der Waals surface area contributed by atoms with Gasteiger partial charge in [0.05, 0.1) is 0 Å². The number of aromatic nitrogens is 2. The summed E-state index contributed by atoms with van der Waals surface area (Å²) < 4.78 is 1.26. The molecule has 3 aromatic rings. The molecule has 6 nitrogen and oxygen atoms in total. The van der Waals surface area contributed by atoms with Crippen molar-refractivity contribution >= 4 is 11.6 Å². The molecule has 0 unspecified atom stereocenters. The Balaban J connectivity index is 1.96. The van der Waals surface area contributed by atoms with Crippen molar-refractivity contribution in [2.24, 2.45) is 0 Å². The van der Waals surface area contributed by atoms with Gasteiger partial charge in [0.2, 0.25) is 5.88 Å². The fraction of sp³-hybridized carbons (Fsp3) is 0.118. The van der Waals surface area contributed by atoms with E-state index in [2.05, 4.69) is 10.3 Å². The van der Waals surface area contributed by atoms with Gasteiger partial charge in [-0.2, -0.15) is 4.98 Å². The zero-order valence-corrected chi connectivity index (χ0v) is 12.5. The summed E-state index contributed by atoms with van der Waals surface area (Å²) in [6.45, 7) is 2.03. The van der Waals surface area contributed by atoms with Crippen LogP contribution in [0.25, 0.3) is 5.65 Å². The van der Waals surface area contributed by atoms with Gasteiger partial charge in [-0.3, -0.25) is 14.0 Å². The second-order valence-electron chi connectivity index (χ2n) is 5.17. The molecular formula is C17H15N3O3. The first-order valence-corrected chi connectivity index (χ1v) is 7.11. The SMILES string of the molecule is Cc1cccn2c(=O)c(C(=O)NCc3ccccc3)c(O)nc12. The van der Waals surface area contributed by atoms with Crippen molar-refractivity contribution in [3.8, 4) is 5.88 Å². The minimum Gasteiger partial charge on any atom is -0.493 e. The van der Waals surface area contributed by atoms with Gasteiger partial charge in [0, 0.05) is 12.7 Å². The lowest BCUT2D eigenvalue weighted by Gasteiger charge is -2.09. The lowest BCUT2D eigenvalue weighted by molar-refractivity contribution is 0.0945. The van der Waals surface area contributed by atoms with Crippen LogP contribution in [0, 0.1) is 6.92 Å². The van der Waals surface area contributed by atoms with Crippen LogP contribution in [0.2, 0.25) is 0 Å². The molecule has 1 aromatic carbocycles. The van der Waals surface area contributed by atoms with Gasteiger partial charge in [0.25, 0.3) is 11.5 Å². The lowest BCUT2D eigenvalue weighted by atomic mass is 10.2. The monoisotopic (exact) mass is 309 g/mol. The number of nitrogens with zero attached hydrogens (tertiary/aromatic N) is 2. The summed E-state index contributed by atoms with van der Waals surface area (Å²) in [5.74, 6) is -1.21. The standard InChI is InChI=1S/C17H15N3O3/c1-11-6-5-9-20-14(11)19-16(22)13(17(20)23)15(21)18-10-12-7-3-2-4-8-12/h2-9,22H,10H2,1H3,(H,18,21). The Bertz CT molecular complexity index is 933. The zero-order chi connectivity index (χ0) is 16.4. The molecule has 1 amide bonds. The third kappa shape index (κ3) is 2.78. The molecule has 0 aliphatic carbocycles. The predicted octanol–water partition coefficient (Wildman–Crippen LogP) is 1.64. The maximum absolute atomic E-state index is 12.5. The molecule has 23 heavy (non-hydrogen) atoms. The molecule has 6 heteroatoms. The summed E-state index contributed by atoms with van der Waals surface area (Å²) in [4.78, 5) is 28.7.